The normalized spacial score (nSPS) is 12.6. The number of Topliss-reactive ketones (excluding diaryl/α,β-unsaturated/α-hetero) is 2. The summed E-state index contributed by atoms with van der Waals surface area (Å²) >= 11 is 0. The minimum Gasteiger partial charge on any atom is -0.465 e. The van der Waals surface area contributed by atoms with E-state index in [0.717, 1.165) is 0 Å². The first kappa shape index (κ1) is 15.8. The zero-order valence-corrected chi connectivity index (χ0v) is 11.3. The van der Waals surface area contributed by atoms with Gasteiger partial charge in [-0.25, -0.2) is 0 Å². The molecule has 0 heterocycles. The topological polar surface area (TPSA) is 60.4 Å². The van der Waals surface area contributed by atoms with Gasteiger partial charge in [-0.05, 0) is 6.92 Å². The van der Waals surface area contributed by atoms with Crippen molar-refractivity contribution < 1.29 is 19.1 Å². The van der Waals surface area contributed by atoms with E-state index < -0.39 is 11.9 Å². The minimum atomic E-state index is -0.940. The fraction of sp³-hybridized carbons (Fsp3) is 0.769. The Bertz CT molecular complexity index is 292. The molecule has 0 N–H and O–H groups in total. The second-order valence-electron chi connectivity index (χ2n) is 4.69. The van der Waals surface area contributed by atoms with Crippen LogP contribution < -0.4 is 0 Å². The smallest absolute Gasteiger partial charge is 0.316 e. The van der Waals surface area contributed by atoms with Gasteiger partial charge in [0.15, 0.2) is 0 Å². The molecule has 1 unspecified atom stereocenters. The van der Waals surface area contributed by atoms with Crippen LogP contribution in [0.3, 0.4) is 0 Å². The van der Waals surface area contributed by atoms with E-state index >= 15 is 0 Å². The van der Waals surface area contributed by atoms with Crippen molar-refractivity contribution in [3.8, 4) is 0 Å². The lowest BCUT2D eigenvalue weighted by atomic mass is 9.88. The Morgan fingerprint density at radius 2 is 1.53 bits per heavy atom. The third kappa shape index (κ3) is 5.11. The maximum Gasteiger partial charge on any atom is 0.316 e. The summed E-state index contributed by atoms with van der Waals surface area (Å²) in [7, 11) is 0. The van der Waals surface area contributed by atoms with Crippen molar-refractivity contribution in [2.24, 2.45) is 17.8 Å². The predicted molar refractivity (Wildman–Crippen MR) is 64.4 cm³/mol. The standard InChI is InChI=1S/C13H22O4/c1-6-17-13(16)10(12(15)9(4)5)7-11(14)8(2)3/h8-10H,6-7H2,1-5H3. The lowest BCUT2D eigenvalue weighted by Gasteiger charge is -2.16. The van der Waals surface area contributed by atoms with Crippen LogP contribution in [-0.4, -0.2) is 24.1 Å². The minimum absolute atomic E-state index is 0.0481. The molecule has 0 aliphatic rings. The summed E-state index contributed by atoms with van der Waals surface area (Å²) in [5.41, 5.74) is 0. The van der Waals surface area contributed by atoms with Gasteiger partial charge in [0.2, 0.25) is 0 Å². The molecule has 0 radical (unpaired) electrons. The van der Waals surface area contributed by atoms with Crippen molar-refractivity contribution in [2.45, 2.75) is 41.0 Å². The number of hydrogen-bond donors (Lipinski definition) is 0. The van der Waals surface area contributed by atoms with Crippen molar-refractivity contribution in [3.63, 3.8) is 0 Å². The van der Waals surface area contributed by atoms with Gasteiger partial charge >= 0.3 is 5.97 Å². The second-order valence-corrected chi connectivity index (χ2v) is 4.69. The van der Waals surface area contributed by atoms with Crippen molar-refractivity contribution in [1.82, 2.24) is 0 Å². The molecule has 0 aromatic heterocycles. The van der Waals surface area contributed by atoms with Gasteiger partial charge in [-0.3, -0.25) is 14.4 Å². The number of ketones is 2. The van der Waals surface area contributed by atoms with Crippen LogP contribution in [0.5, 0.6) is 0 Å². The fourth-order valence-corrected chi connectivity index (χ4v) is 1.38. The van der Waals surface area contributed by atoms with Crippen LogP contribution in [-0.2, 0) is 19.1 Å². The highest BCUT2D eigenvalue weighted by atomic mass is 16.5. The lowest BCUT2D eigenvalue weighted by molar-refractivity contribution is -0.154. The summed E-state index contributed by atoms with van der Waals surface area (Å²) in [6.45, 7) is 8.84. The summed E-state index contributed by atoms with van der Waals surface area (Å²) in [4.78, 5) is 35.1. The van der Waals surface area contributed by atoms with Crippen LogP contribution in [0.2, 0.25) is 0 Å². The number of hydrogen-bond acceptors (Lipinski definition) is 4. The predicted octanol–water partition coefficient (Wildman–Crippen LogP) is 2.01. The zero-order valence-electron chi connectivity index (χ0n) is 11.3. The van der Waals surface area contributed by atoms with Gasteiger partial charge in [0, 0.05) is 18.3 Å². The molecule has 0 amide bonds. The molecule has 0 saturated carbocycles. The first-order valence-electron chi connectivity index (χ1n) is 6.04. The van der Waals surface area contributed by atoms with E-state index in [0.29, 0.717) is 0 Å². The van der Waals surface area contributed by atoms with Gasteiger partial charge in [0.05, 0.1) is 6.61 Å². The molecule has 0 spiro atoms. The number of ether oxygens (including phenoxy) is 1. The van der Waals surface area contributed by atoms with Crippen molar-refractivity contribution >= 4 is 17.5 Å². The lowest BCUT2D eigenvalue weighted by Crippen LogP contribution is -2.32. The Morgan fingerprint density at radius 1 is 1.00 bits per heavy atom. The van der Waals surface area contributed by atoms with Gasteiger partial charge in [0.25, 0.3) is 0 Å². The summed E-state index contributed by atoms with van der Waals surface area (Å²) in [6, 6.07) is 0. The van der Waals surface area contributed by atoms with Crippen molar-refractivity contribution in [1.29, 1.82) is 0 Å². The molecular weight excluding hydrogens is 220 g/mol. The Labute approximate surface area is 103 Å². The summed E-state index contributed by atoms with van der Waals surface area (Å²) in [5.74, 6) is -2.28. The summed E-state index contributed by atoms with van der Waals surface area (Å²) in [5, 5.41) is 0. The maximum atomic E-state index is 11.9. The molecule has 0 bridgehead atoms. The van der Waals surface area contributed by atoms with Gasteiger partial charge < -0.3 is 4.74 Å². The average molecular weight is 242 g/mol. The quantitative estimate of drug-likeness (QED) is 0.506. The maximum absolute atomic E-state index is 11.9. The Hall–Kier alpha value is -1.19. The Balaban J connectivity index is 4.80. The molecule has 0 saturated heterocycles. The molecule has 0 aromatic carbocycles. The van der Waals surface area contributed by atoms with Crippen molar-refractivity contribution in [3.05, 3.63) is 0 Å². The van der Waals surface area contributed by atoms with Crippen LogP contribution in [0.4, 0.5) is 0 Å². The molecular formula is C13H22O4. The van der Waals surface area contributed by atoms with Crippen LogP contribution in [0.15, 0.2) is 0 Å². The van der Waals surface area contributed by atoms with Crippen molar-refractivity contribution in [2.75, 3.05) is 6.61 Å². The molecule has 0 rings (SSSR count). The van der Waals surface area contributed by atoms with E-state index in [-0.39, 0.29) is 36.4 Å². The van der Waals surface area contributed by atoms with E-state index in [4.69, 9.17) is 4.74 Å². The third-order valence-corrected chi connectivity index (χ3v) is 2.53. The van der Waals surface area contributed by atoms with Crippen LogP contribution in [0.1, 0.15) is 41.0 Å². The number of carbonyl (C=O) groups is 3. The van der Waals surface area contributed by atoms with Gasteiger partial charge in [-0.15, -0.1) is 0 Å². The van der Waals surface area contributed by atoms with Crippen LogP contribution >= 0.6 is 0 Å². The van der Waals surface area contributed by atoms with Gasteiger partial charge in [-0.2, -0.15) is 0 Å². The summed E-state index contributed by atoms with van der Waals surface area (Å²) in [6.07, 6.45) is -0.0481. The molecule has 0 aliphatic carbocycles. The van der Waals surface area contributed by atoms with Gasteiger partial charge in [0.1, 0.15) is 17.5 Å². The molecule has 4 heteroatoms. The highest BCUT2D eigenvalue weighted by molar-refractivity contribution is 6.03. The Kier molecular flexibility index (Phi) is 6.69. The molecule has 4 nitrogen and oxygen atoms in total. The third-order valence-electron chi connectivity index (χ3n) is 2.53. The van der Waals surface area contributed by atoms with Crippen LogP contribution in [0.25, 0.3) is 0 Å². The second kappa shape index (κ2) is 7.20. The number of carbonyl (C=O) groups excluding carboxylic acids is 3. The molecule has 0 fully saturated rings. The number of rotatable bonds is 7. The fourth-order valence-electron chi connectivity index (χ4n) is 1.38. The highest BCUT2D eigenvalue weighted by Crippen LogP contribution is 2.16. The average Bonchev–Trinajstić information content (AvgIpc) is 2.24. The number of esters is 1. The molecule has 98 valence electrons. The SMILES string of the molecule is CCOC(=O)C(CC(=O)C(C)C)C(=O)C(C)C. The highest BCUT2D eigenvalue weighted by Gasteiger charge is 2.32. The van der Waals surface area contributed by atoms with E-state index in [1.165, 1.54) is 0 Å². The molecule has 1 atom stereocenters. The Morgan fingerprint density at radius 3 is 1.88 bits per heavy atom. The van der Waals surface area contributed by atoms with E-state index in [2.05, 4.69) is 0 Å². The monoisotopic (exact) mass is 242 g/mol. The molecule has 0 aliphatic heterocycles. The molecule has 17 heavy (non-hydrogen) atoms. The first-order valence-corrected chi connectivity index (χ1v) is 6.04. The van der Waals surface area contributed by atoms with E-state index in [1.54, 1.807) is 34.6 Å². The van der Waals surface area contributed by atoms with Gasteiger partial charge in [-0.1, -0.05) is 27.7 Å². The largest absolute Gasteiger partial charge is 0.465 e. The van der Waals surface area contributed by atoms with Crippen LogP contribution in [0, 0.1) is 17.8 Å². The van der Waals surface area contributed by atoms with E-state index in [1.807, 2.05) is 0 Å². The zero-order chi connectivity index (χ0) is 13.6. The first-order chi connectivity index (χ1) is 7.81. The van der Waals surface area contributed by atoms with E-state index in [9.17, 15) is 14.4 Å². The molecule has 0 aromatic rings. The summed E-state index contributed by atoms with van der Waals surface area (Å²) < 4.78 is 4.84.